The molecule has 8 heteroatoms. The van der Waals surface area contributed by atoms with Crippen molar-refractivity contribution in [3.05, 3.63) is 77.6 Å². The van der Waals surface area contributed by atoms with Gasteiger partial charge in [-0.1, -0.05) is 12.1 Å². The number of halogens is 1. The van der Waals surface area contributed by atoms with Gasteiger partial charge >= 0.3 is 0 Å². The van der Waals surface area contributed by atoms with E-state index in [-0.39, 0.29) is 16.0 Å². The smallest absolute Gasteiger partial charge is 0.258 e. The molecule has 0 aliphatic heterocycles. The minimum absolute atomic E-state index is 0.0747. The van der Waals surface area contributed by atoms with Crippen LogP contribution in [-0.4, -0.2) is 30.5 Å². The summed E-state index contributed by atoms with van der Waals surface area (Å²) in [5.41, 5.74) is 2.96. The zero-order valence-corrected chi connectivity index (χ0v) is 17.0. The molecule has 0 saturated heterocycles. The van der Waals surface area contributed by atoms with Crippen LogP contribution < -0.4 is 5.32 Å². The van der Waals surface area contributed by atoms with Crippen LogP contribution in [0.2, 0.25) is 0 Å². The second-order valence-corrected chi connectivity index (χ2v) is 8.99. The van der Waals surface area contributed by atoms with Gasteiger partial charge in [0, 0.05) is 17.5 Å². The van der Waals surface area contributed by atoms with Crippen molar-refractivity contribution in [2.45, 2.75) is 11.8 Å². The number of amides is 1. The monoisotopic (exact) mass is 423 g/mol. The van der Waals surface area contributed by atoms with Crippen LogP contribution in [0, 0.1) is 12.7 Å². The summed E-state index contributed by atoms with van der Waals surface area (Å²) in [6.07, 6.45) is 1.02. The fourth-order valence-corrected chi connectivity index (χ4v) is 4.20. The Morgan fingerprint density at radius 3 is 2.43 bits per heavy atom. The SMILES string of the molecule is Cc1cc(F)c(C(=O)Nc2ccc(-c3nc4ccccc4[nH]3)cc2)cc1S(C)(=O)=O. The van der Waals surface area contributed by atoms with Gasteiger partial charge in [0.15, 0.2) is 9.84 Å². The molecule has 1 aromatic heterocycles. The summed E-state index contributed by atoms with van der Waals surface area (Å²) in [4.78, 5) is 20.2. The Kier molecular flexibility index (Phi) is 4.87. The molecular weight excluding hydrogens is 405 g/mol. The highest BCUT2D eigenvalue weighted by molar-refractivity contribution is 7.90. The summed E-state index contributed by atoms with van der Waals surface area (Å²) < 4.78 is 38.0. The minimum atomic E-state index is -3.58. The first kappa shape index (κ1) is 19.8. The number of benzene rings is 3. The van der Waals surface area contributed by atoms with E-state index in [0.29, 0.717) is 11.5 Å². The van der Waals surface area contributed by atoms with E-state index in [1.54, 1.807) is 24.3 Å². The molecule has 152 valence electrons. The number of nitrogens with one attached hydrogen (secondary N) is 2. The Morgan fingerprint density at radius 1 is 1.07 bits per heavy atom. The van der Waals surface area contributed by atoms with E-state index in [9.17, 15) is 17.6 Å². The topological polar surface area (TPSA) is 91.9 Å². The summed E-state index contributed by atoms with van der Waals surface area (Å²) in [7, 11) is -3.58. The summed E-state index contributed by atoms with van der Waals surface area (Å²) in [5.74, 6) is -0.818. The van der Waals surface area contributed by atoms with Crippen LogP contribution in [0.15, 0.2) is 65.6 Å². The molecule has 0 atom stereocenters. The minimum Gasteiger partial charge on any atom is -0.338 e. The number of H-pyrrole nitrogens is 1. The molecule has 0 spiro atoms. The predicted octanol–water partition coefficient (Wildman–Crippen LogP) is 4.33. The second-order valence-electron chi connectivity index (χ2n) is 7.00. The van der Waals surface area contributed by atoms with E-state index >= 15 is 0 Å². The van der Waals surface area contributed by atoms with Crippen molar-refractivity contribution in [3.63, 3.8) is 0 Å². The van der Waals surface area contributed by atoms with Crippen molar-refractivity contribution in [3.8, 4) is 11.4 Å². The molecule has 1 amide bonds. The van der Waals surface area contributed by atoms with Gasteiger partial charge < -0.3 is 10.3 Å². The first-order chi connectivity index (χ1) is 14.2. The number of nitrogens with zero attached hydrogens (tertiary/aromatic N) is 1. The van der Waals surface area contributed by atoms with Gasteiger partial charge in [0.25, 0.3) is 5.91 Å². The van der Waals surface area contributed by atoms with Gasteiger partial charge in [-0.3, -0.25) is 4.79 Å². The number of carbonyl (C=O) groups excluding carboxylic acids is 1. The summed E-state index contributed by atoms with van der Waals surface area (Å²) >= 11 is 0. The molecule has 0 bridgehead atoms. The van der Waals surface area contributed by atoms with Crippen molar-refractivity contribution >= 4 is 32.5 Å². The van der Waals surface area contributed by atoms with Crippen LogP contribution >= 0.6 is 0 Å². The largest absolute Gasteiger partial charge is 0.338 e. The Hall–Kier alpha value is -3.52. The molecule has 30 heavy (non-hydrogen) atoms. The fraction of sp³-hybridized carbons (Fsp3) is 0.0909. The molecule has 0 unspecified atom stereocenters. The molecule has 0 radical (unpaired) electrons. The molecule has 0 aliphatic rings. The van der Waals surface area contributed by atoms with Gasteiger partial charge in [-0.05, 0) is 61.0 Å². The number of sulfone groups is 1. The molecule has 0 saturated carbocycles. The lowest BCUT2D eigenvalue weighted by Gasteiger charge is -2.10. The standard InChI is InChI=1S/C22H18FN3O3S/c1-13-11-17(23)16(12-20(13)30(2,28)29)22(27)24-15-9-7-14(8-10-15)21-25-18-5-3-4-6-19(18)26-21/h3-12H,1-2H3,(H,24,27)(H,25,26). The molecule has 6 nitrogen and oxygen atoms in total. The van der Waals surface area contributed by atoms with Crippen LogP contribution in [-0.2, 0) is 9.84 Å². The number of aromatic nitrogens is 2. The number of anilines is 1. The number of hydrogen-bond donors (Lipinski definition) is 2. The number of imidazole rings is 1. The lowest BCUT2D eigenvalue weighted by atomic mass is 10.1. The third kappa shape index (κ3) is 3.81. The van der Waals surface area contributed by atoms with Gasteiger partial charge in [0.1, 0.15) is 11.6 Å². The molecule has 4 rings (SSSR count). The maximum Gasteiger partial charge on any atom is 0.258 e. The van der Waals surface area contributed by atoms with Gasteiger partial charge in [-0.25, -0.2) is 17.8 Å². The summed E-state index contributed by atoms with van der Waals surface area (Å²) in [5, 5.41) is 2.60. The molecule has 4 aromatic rings. The first-order valence-corrected chi connectivity index (χ1v) is 11.0. The number of rotatable bonds is 4. The van der Waals surface area contributed by atoms with Crippen LogP contribution in [0.4, 0.5) is 10.1 Å². The maximum atomic E-state index is 14.3. The third-order valence-electron chi connectivity index (χ3n) is 4.71. The zero-order valence-electron chi connectivity index (χ0n) is 16.2. The van der Waals surface area contributed by atoms with E-state index in [4.69, 9.17) is 0 Å². The van der Waals surface area contributed by atoms with Gasteiger partial charge in [0.2, 0.25) is 0 Å². The third-order valence-corrected chi connectivity index (χ3v) is 5.95. The lowest BCUT2D eigenvalue weighted by Crippen LogP contribution is -2.15. The maximum absolute atomic E-state index is 14.3. The van der Waals surface area contributed by atoms with Crippen molar-refractivity contribution in [2.24, 2.45) is 0 Å². The highest BCUT2D eigenvalue weighted by Crippen LogP contribution is 2.24. The summed E-state index contributed by atoms with van der Waals surface area (Å²) in [6, 6.07) is 16.7. The average Bonchev–Trinajstić information content (AvgIpc) is 3.11. The quantitative estimate of drug-likeness (QED) is 0.478. The Morgan fingerprint density at radius 2 is 1.77 bits per heavy atom. The molecule has 2 N–H and O–H groups in total. The fourth-order valence-electron chi connectivity index (χ4n) is 3.23. The number of carbonyl (C=O) groups is 1. The highest BCUT2D eigenvalue weighted by Gasteiger charge is 2.19. The van der Waals surface area contributed by atoms with Crippen molar-refractivity contribution in [2.75, 3.05) is 11.6 Å². The Bertz CT molecular complexity index is 1340. The Labute approximate surface area is 172 Å². The number of aromatic amines is 1. The van der Waals surface area contributed by atoms with E-state index in [1.807, 2.05) is 24.3 Å². The predicted molar refractivity (Wildman–Crippen MR) is 114 cm³/mol. The number of fused-ring (bicyclic) bond motifs is 1. The lowest BCUT2D eigenvalue weighted by molar-refractivity contribution is 0.102. The van der Waals surface area contributed by atoms with Crippen LogP contribution in [0.3, 0.4) is 0 Å². The normalized spacial score (nSPS) is 11.6. The van der Waals surface area contributed by atoms with E-state index in [2.05, 4.69) is 15.3 Å². The van der Waals surface area contributed by atoms with E-state index < -0.39 is 21.6 Å². The van der Waals surface area contributed by atoms with Gasteiger partial charge in [0.05, 0.1) is 21.5 Å². The Balaban J connectivity index is 1.58. The average molecular weight is 423 g/mol. The van der Waals surface area contributed by atoms with Gasteiger partial charge in [-0.2, -0.15) is 0 Å². The molecule has 0 fully saturated rings. The number of aryl methyl sites for hydroxylation is 1. The van der Waals surface area contributed by atoms with Gasteiger partial charge in [-0.15, -0.1) is 0 Å². The number of hydrogen-bond acceptors (Lipinski definition) is 4. The van der Waals surface area contributed by atoms with E-state index in [1.165, 1.54) is 6.92 Å². The molecular formula is C22H18FN3O3S. The molecule has 0 aliphatic carbocycles. The van der Waals surface area contributed by atoms with Crippen LogP contribution in [0.1, 0.15) is 15.9 Å². The van der Waals surface area contributed by atoms with E-state index in [0.717, 1.165) is 35.0 Å². The highest BCUT2D eigenvalue weighted by atomic mass is 32.2. The van der Waals surface area contributed by atoms with Crippen molar-refractivity contribution < 1.29 is 17.6 Å². The first-order valence-electron chi connectivity index (χ1n) is 9.09. The number of para-hydroxylation sites is 2. The van der Waals surface area contributed by atoms with Crippen molar-refractivity contribution in [1.29, 1.82) is 0 Å². The summed E-state index contributed by atoms with van der Waals surface area (Å²) in [6.45, 7) is 1.48. The van der Waals surface area contributed by atoms with Crippen molar-refractivity contribution in [1.82, 2.24) is 9.97 Å². The van der Waals surface area contributed by atoms with Crippen LogP contribution in [0.5, 0.6) is 0 Å². The zero-order chi connectivity index (χ0) is 21.5. The second kappa shape index (κ2) is 7.38. The molecule has 3 aromatic carbocycles. The molecule has 1 heterocycles. The van der Waals surface area contributed by atoms with Crippen LogP contribution in [0.25, 0.3) is 22.4 Å².